The minimum absolute atomic E-state index is 0.306. The Bertz CT molecular complexity index is 652. The fourth-order valence-electron chi connectivity index (χ4n) is 3.02. The Kier molecular flexibility index (Phi) is 4.42. The summed E-state index contributed by atoms with van der Waals surface area (Å²) in [7, 11) is 0. The average Bonchev–Trinajstić information content (AvgIpc) is 2.67. The smallest absolute Gasteiger partial charge is 0.0641 e. The molecule has 2 aromatic carbocycles. The molecule has 0 heterocycles. The number of halogens is 2. The van der Waals surface area contributed by atoms with Gasteiger partial charge in [-0.2, -0.15) is 0 Å². The summed E-state index contributed by atoms with van der Waals surface area (Å²) in [5, 5.41) is 5.09. The summed E-state index contributed by atoms with van der Waals surface area (Å²) in [5.74, 6) is 0. The van der Waals surface area contributed by atoms with Crippen molar-refractivity contribution >= 4 is 28.9 Å². The van der Waals surface area contributed by atoms with E-state index in [0.29, 0.717) is 6.04 Å². The van der Waals surface area contributed by atoms with Crippen molar-refractivity contribution in [2.45, 2.75) is 38.6 Å². The van der Waals surface area contributed by atoms with Crippen LogP contribution in [0.25, 0.3) is 0 Å². The first kappa shape index (κ1) is 14.7. The number of anilines is 1. The van der Waals surface area contributed by atoms with Crippen LogP contribution in [0, 0.1) is 6.92 Å². The third kappa shape index (κ3) is 3.20. The predicted molar refractivity (Wildman–Crippen MR) is 91.6 cm³/mol. The molecule has 1 N–H and O–H groups in total. The zero-order valence-corrected chi connectivity index (χ0v) is 13.6. The molecule has 0 saturated heterocycles. The summed E-state index contributed by atoms with van der Waals surface area (Å²) >= 11 is 12.6. The zero-order valence-electron chi connectivity index (χ0n) is 12.1. The second-order valence-electron chi connectivity index (χ2n) is 5.72. The van der Waals surface area contributed by atoms with Gasteiger partial charge in [0, 0.05) is 5.02 Å². The molecule has 0 amide bonds. The van der Waals surface area contributed by atoms with Gasteiger partial charge in [-0.3, -0.25) is 0 Å². The summed E-state index contributed by atoms with van der Waals surface area (Å²) in [6, 6.07) is 12.9. The normalized spacial score (nSPS) is 18.0. The third-order valence-corrected chi connectivity index (χ3v) is 4.92. The minimum Gasteiger partial charge on any atom is -0.377 e. The fourth-order valence-corrected chi connectivity index (χ4v) is 3.45. The van der Waals surface area contributed by atoms with E-state index in [9.17, 15) is 0 Å². The molecule has 21 heavy (non-hydrogen) atoms. The molecule has 0 saturated carbocycles. The standard InChI is InChI=1S/C18H19Cl2N/c1-12-10-16(20)18(11-15(12)19)21-17-9-5-3-7-13-6-2-4-8-14(13)17/h2,4,6,8,10-11,17,21H,3,5,7,9H2,1H3. The molecule has 1 aliphatic carbocycles. The van der Waals surface area contributed by atoms with Crippen molar-refractivity contribution in [1.29, 1.82) is 0 Å². The van der Waals surface area contributed by atoms with Gasteiger partial charge in [-0.25, -0.2) is 0 Å². The van der Waals surface area contributed by atoms with E-state index in [0.717, 1.165) is 34.1 Å². The summed E-state index contributed by atoms with van der Waals surface area (Å²) in [6.07, 6.45) is 4.76. The molecule has 0 bridgehead atoms. The van der Waals surface area contributed by atoms with Gasteiger partial charge in [0.1, 0.15) is 0 Å². The maximum absolute atomic E-state index is 6.37. The molecule has 0 spiro atoms. The van der Waals surface area contributed by atoms with Crippen LogP contribution in [0.3, 0.4) is 0 Å². The lowest BCUT2D eigenvalue weighted by Gasteiger charge is -2.22. The van der Waals surface area contributed by atoms with E-state index in [1.54, 1.807) is 0 Å². The largest absolute Gasteiger partial charge is 0.377 e. The Morgan fingerprint density at radius 1 is 1.05 bits per heavy atom. The van der Waals surface area contributed by atoms with Crippen LogP contribution in [0.2, 0.25) is 10.0 Å². The van der Waals surface area contributed by atoms with Crippen molar-refractivity contribution < 1.29 is 0 Å². The Labute approximate surface area is 136 Å². The molecule has 1 atom stereocenters. The number of hydrogen-bond donors (Lipinski definition) is 1. The Hall–Kier alpha value is -1.18. The number of aryl methyl sites for hydroxylation is 2. The maximum atomic E-state index is 6.37. The van der Waals surface area contributed by atoms with Crippen LogP contribution in [0.5, 0.6) is 0 Å². The summed E-state index contributed by atoms with van der Waals surface area (Å²) in [4.78, 5) is 0. The quantitative estimate of drug-likeness (QED) is 0.651. The zero-order chi connectivity index (χ0) is 14.8. The van der Waals surface area contributed by atoms with Crippen molar-refractivity contribution in [2.24, 2.45) is 0 Å². The fraction of sp³-hybridized carbons (Fsp3) is 0.333. The van der Waals surface area contributed by atoms with E-state index in [-0.39, 0.29) is 0 Å². The number of hydrogen-bond acceptors (Lipinski definition) is 1. The molecule has 0 radical (unpaired) electrons. The first-order valence-electron chi connectivity index (χ1n) is 7.45. The maximum Gasteiger partial charge on any atom is 0.0641 e. The molecule has 3 heteroatoms. The highest BCUT2D eigenvalue weighted by atomic mass is 35.5. The van der Waals surface area contributed by atoms with Crippen LogP contribution < -0.4 is 5.32 Å². The van der Waals surface area contributed by atoms with Crippen molar-refractivity contribution in [3.8, 4) is 0 Å². The lowest BCUT2D eigenvalue weighted by molar-refractivity contribution is 0.644. The van der Waals surface area contributed by atoms with Crippen molar-refractivity contribution in [1.82, 2.24) is 0 Å². The van der Waals surface area contributed by atoms with Crippen LogP contribution >= 0.6 is 23.2 Å². The van der Waals surface area contributed by atoms with Gasteiger partial charge >= 0.3 is 0 Å². The monoisotopic (exact) mass is 319 g/mol. The Morgan fingerprint density at radius 3 is 2.71 bits per heavy atom. The van der Waals surface area contributed by atoms with E-state index in [4.69, 9.17) is 23.2 Å². The van der Waals surface area contributed by atoms with Crippen molar-refractivity contribution in [3.63, 3.8) is 0 Å². The molecule has 0 fully saturated rings. The molecular formula is C18H19Cl2N. The minimum atomic E-state index is 0.306. The van der Waals surface area contributed by atoms with Crippen LogP contribution in [0.4, 0.5) is 5.69 Å². The van der Waals surface area contributed by atoms with Crippen LogP contribution in [-0.4, -0.2) is 0 Å². The first-order chi connectivity index (χ1) is 10.1. The summed E-state index contributed by atoms with van der Waals surface area (Å²) < 4.78 is 0. The number of benzene rings is 2. The lowest BCUT2D eigenvalue weighted by Crippen LogP contribution is -2.11. The van der Waals surface area contributed by atoms with Gasteiger partial charge in [0.05, 0.1) is 16.8 Å². The van der Waals surface area contributed by atoms with E-state index in [1.165, 1.54) is 24.0 Å². The highest BCUT2D eigenvalue weighted by molar-refractivity contribution is 6.35. The molecule has 0 aromatic heterocycles. The molecule has 0 aliphatic heterocycles. The molecule has 1 aliphatic rings. The van der Waals surface area contributed by atoms with E-state index >= 15 is 0 Å². The van der Waals surface area contributed by atoms with Gasteiger partial charge in [-0.05, 0) is 55.0 Å². The van der Waals surface area contributed by atoms with Crippen molar-refractivity contribution in [3.05, 3.63) is 63.1 Å². The highest BCUT2D eigenvalue weighted by Crippen LogP contribution is 2.35. The molecule has 1 nitrogen and oxygen atoms in total. The predicted octanol–water partition coefficient (Wildman–Crippen LogP) is 6.18. The SMILES string of the molecule is Cc1cc(Cl)c(NC2CCCCc3ccccc32)cc1Cl. The number of rotatable bonds is 2. The van der Waals surface area contributed by atoms with E-state index < -0.39 is 0 Å². The lowest BCUT2D eigenvalue weighted by atomic mass is 9.99. The van der Waals surface area contributed by atoms with E-state index in [1.807, 2.05) is 19.1 Å². The molecule has 110 valence electrons. The third-order valence-electron chi connectivity index (χ3n) is 4.20. The van der Waals surface area contributed by atoms with Gasteiger partial charge < -0.3 is 5.32 Å². The average molecular weight is 320 g/mol. The van der Waals surface area contributed by atoms with Gasteiger partial charge in [-0.15, -0.1) is 0 Å². The van der Waals surface area contributed by atoms with Crippen molar-refractivity contribution in [2.75, 3.05) is 5.32 Å². The van der Waals surface area contributed by atoms with Crippen LogP contribution in [-0.2, 0) is 6.42 Å². The molecule has 2 aromatic rings. The Morgan fingerprint density at radius 2 is 1.86 bits per heavy atom. The van der Waals surface area contributed by atoms with Gasteiger partial charge in [0.15, 0.2) is 0 Å². The second kappa shape index (κ2) is 6.29. The van der Waals surface area contributed by atoms with Gasteiger partial charge in [0.25, 0.3) is 0 Å². The topological polar surface area (TPSA) is 12.0 Å². The summed E-state index contributed by atoms with van der Waals surface area (Å²) in [5.41, 5.74) is 4.77. The van der Waals surface area contributed by atoms with E-state index in [2.05, 4.69) is 29.6 Å². The van der Waals surface area contributed by atoms with Crippen LogP contribution in [0.1, 0.15) is 42.0 Å². The summed E-state index contributed by atoms with van der Waals surface area (Å²) in [6.45, 7) is 1.97. The number of fused-ring (bicyclic) bond motifs is 1. The highest BCUT2D eigenvalue weighted by Gasteiger charge is 2.19. The molecule has 1 unspecified atom stereocenters. The number of nitrogens with one attached hydrogen (secondary N) is 1. The molecule has 3 rings (SSSR count). The molecular weight excluding hydrogens is 301 g/mol. The Balaban J connectivity index is 1.93. The first-order valence-corrected chi connectivity index (χ1v) is 8.21. The second-order valence-corrected chi connectivity index (χ2v) is 6.54. The van der Waals surface area contributed by atoms with Crippen LogP contribution in [0.15, 0.2) is 36.4 Å². The van der Waals surface area contributed by atoms with Gasteiger partial charge in [-0.1, -0.05) is 53.9 Å². The van der Waals surface area contributed by atoms with Gasteiger partial charge in [0.2, 0.25) is 0 Å².